The van der Waals surface area contributed by atoms with Crippen molar-refractivity contribution >= 4 is 46.3 Å². The second kappa shape index (κ2) is 20.1. The van der Waals surface area contributed by atoms with Gasteiger partial charge in [-0.3, -0.25) is 0 Å². The zero-order chi connectivity index (χ0) is 38.4. The number of hydrogen-bond donors (Lipinski definition) is 3. The van der Waals surface area contributed by atoms with Crippen LogP contribution in [0.1, 0.15) is 37.7 Å². The minimum absolute atomic E-state index is 0.0876. The molecule has 0 radical (unpaired) electrons. The number of benzene rings is 3. The van der Waals surface area contributed by atoms with Crippen molar-refractivity contribution in [2.24, 2.45) is 0 Å². The maximum atomic E-state index is 13.1. The molecule has 13 nitrogen and oxygen atoms in total. The van der Waals surface area contributed by atoms with E-state index in [0.717, 1.165) is 16.8 Å². The Balaban J connectivity index is 1.39. The molecule has 1 heterocycles. The lowest BCUT2D eigenvalue weighted by Gasteiger charge is -2.23. The number of aromatic nitrogens is 2. The molecule has 0 aliphatic carbocycles. The molecule has 0 aliphatic heterocycles. The summed E-state index contributed by atoms with van der Waals surface area (Å²) in [6.45, 7) is 9.03. The van der Waals surface area contributed by atoms with Crippen LogP contribution in [-0.4, -0.2) is 84.0 Å². The highest BCUT2D eigenvalue weighted by Gasteiger charge is 2.21. The Morgan fingerprint density at radius 1 is 0.774 bits per heavy atom. The number of methoxy groups -OCH3 is 3. The molecule has 0 saturated heterocycles. The van der Waals surface area contributed by atoms with E-state index in [1.165, 1.54) is 0 Å². The fourth-order valence-corrected chi connectivity index (χ4v) is 5.38. The molecule has 0 spiro atoms. The molecule has 2 amide bonds. The molecule has 4 aromatic rings. The number of anilines is 3. The summed E-state index contributed by atoms with van der Waals surface area (Å²) in [5, 5.41) is 8.93. The number of carbonyl (C=O) groups excluding carboxylic acids is 1. The van der Waals surface area contributed by atoms with Gasteiger partial charge in [0.15, 0.2) is 5.75 Å². The van der Waals surface area contributed by atoms with E-state index in [9.17, 15) is 4.79 Å². The quantitative estimate of drug-likeness (QED) is 0.0794. The van der Waals surface area contributed by atoms with Gasteiger partial charge in [-0.15, -0.1) is 0 Å². The van der Waals surface area contributed by atoms with Crippen molar-refractivity contribution in [1.82, 2.24) is 9.97 Å². The van der Waals surface area contributed by atoms with Crippen LogP contribution >= 0.6 is 23.2 Å². The maximum Gasteiger partial charge on any atom is 0.323 e. The summed E-state index contributed by atoms with van der Waals surface area (Å²) in [5.41, 5.74) is 3.20. The average molecular weight is 773 g/mol. The fourth-order valence-electron chi connectivity index (χ4n) is 4.98. The van der Waals surface area contributed by atoms with Gasteiger partial charge in [0.1, 0.15) is 34.7 Å². The van der Waals surface area contributed by atoms with E-state index in [-0.39, 0.29) is 32.8 Å². The highest BCUT2D eigenvalue weighted by molar-refractivity contribution is 6.45. The lowest BCUT2D eigenvalue weighted by atomic mass is 9.86. The minimum Gasteiger partial charge on any atom is -0.497 e. The third-order valence-electron chi connectivity index (χ3n) is 7.70. The molecule has 3 N–H and O–H groups in total. The van der Waals surface area contributed by atoms with Gasteiger partial charge in [0, 0.05) is 38.9 Å². The first-order valence-electron chi connectivity index (χ1n) is 16.9. The number of amides is 2. The molecular weight excluding hydrogens is 725 g/mol. The number of halogens is 2. The van der Waals surface area contributed by atoms with Crippen LogP contribution in [0.15, 0.2) is 54.7 Å². The number of nitrogens with zero attached hydrogens (tertiary/aromatic N) is 2. The SMILES string of the molecule is CNc1cc(C(C)(C)C)cc(NC(=O)Nc2ccc(Oc3ccnc(Cc4cc(OC)cc(OCCOCCOCCOC)c4)n3)c(Cl)c2Cl)c1OC. The molecule has 0 saturated carbocycles. The van der Waals surface area contributed by atoms with Crippen molar-refractivity contribution < 1.29 is 38.0 Å². The maximum absolute atomic E-state index is 13.1. The molecule has 3 aromatic carbocycles. The first kappa shape index (κ1) is 41.2. The van der Waals surface area contributed by atoms with Gasteiger partial charge in [0.2, 0.25) is 5.88 Å². The van der Waals surface area contributed by atoms with Crippen LogP contribution in [0.3, 0.4) is 0 Å². The van der Waals surface area contributed by atoms with Crippen molar-refractivity contribution in [2.45, 2.75) is 32.6 Å². The fraction of sp³-hybridized carbons (Fsp3) is 0.395. The van der Waals surface area contributed by atoms with E-state index in [1.54, 1.807) is 58.8 Å². The van der Waals surface area contributed by atoms with E-state index in [0.29, 0.717) is 74.8 Å². The Labute approximate surface area is 320 Å². The summed E-state index contributed by atoms with van der Waals surface area (Å²) in [6, 6.07) is 13.7. The van der Waals surface area contributed by atoms with E-state index < -0.39 is 6.03 Å². The van der Waals surface area contributed by atoms with E-state index in [1.807, 2.05) is 24.3 Å². The van der Waals surface area contributed by atoms with Gasteiger partial charge < -0.3 is 49.1 Å². The number of rotatable bonds is 19. The third-order valence-corrected chi connectivity index (χ3v) is 8.57. The molecule has 0 aliphatic rings. The largest absolute Gasteiger partial charge is 0.497 e. The van der Waals surface area contributed by atoms with Gasteiger partial charge in [-0.1, -0.05) is 44.0 Å². The highest BCUT2D eigenvalue weighted by atomic mass is 35.5. The van der Waals surface area contributed by atoms with Crippen LogP contribution in [0.25, 0.3) is 0 Å². The molecule has 53 heavy (non-hydrogen) atoms. The Morgan fingerprint density at radius 3 is 2.13 bits per heavy atom. The Bertz CT molecular complexity index is 1820. The number of carbonyl (C=O) groups is 1. The van der Waals surface area contributed by atoms with E-state index >= 15 is 0 Å². The highest BCUT2D eigenvalue weighted by Crippen LogP contribution is 2.41. The van der Waals surface area contributed by atoms with Crippen molar-refractivity contribution in [3.05, 3.63) is 81.7 Å². The Morgan fingerprint density at radius 2 is 1.45 bits per heavy atom. The molecule has 0 bridgehead atoms. The molecule has 1 aromatic heterocycles. The standard InChI is InChI=1S/C38H47Cl2N5O8/c1-38(2,3)25-21-29(41-4)36(49-7)30(22-25)44-37(46)43-28-8-9-31(35(40)34(28)39)53-33-10-11-42-32(45-33)20-24-18-26(48-6)23-27(19-24)52-17-16-51-15-14-50-13-12-47-5/h8-11,18-19,21-23,41H,12-17,20H2,1-7H3,(H2,43,44,46). The Hall–Kier alpha value is -4.53. The smallest absolute Gasteiger partial charge is 0.323 e. The van der Waals surface area contributed by atoms with Crippen molar-refractivity contribution in [2.75, 3.05) is 84.0 Å². The first-order valence-corrected chi connectivity index (χ1v) is 17.6. The van der Waals surface area contributed by atoms with Crippen LogP contribution < -0.4 is 34.9 Å². The predicted octanol–water partition coefficient (Wildman–Crippen LogP) is 8.23. The molecule has 15 heteroatoms. The van der Waals surface area contributed by atoms with Gasteiger partial charge in [-0.2, -0.15) is 4.98 Å². The average Bonchev–Trinajstić information content (AvgIpc) is 3.13. The number of nitrogens with one attached hydrogen (secondary N) is 3. The van der Waals surface area contributed by atoms with Crippen molar-refractivity contribution in [1.29, 1.82) is 0 Å². The minimum atomic E-state index is -0.539. The van der Waals surface area contributed by atoms with Gasteiger partial charge in [-0.25, -0.2) is 9.78 Å². The summed E-state index contributed by atoms with van der Waals surface area (Å²) in [5.74, 6) is 2.72. The molecule has 0 fully saturated rings. The van der Waals surface area contributed by atoms with Gasteiger partial charge in [-0.05, 0) is 52.9 Å². The third kappa shape index (κ3) is 12.3. The topological polar surface area (TPSA) is 144 Å². The van der Waals surface area contributed by atoms with E-state index in [2.05, 4.69) is 46.7 Å². The first-order chi connectivity index (χ1) is 25.4. The van der Waals surface area contributed by atoms with Crippen LogP contribution in [-0.2, 0) is 26.0 Å². The summed E-state index contributed by atoms with van der Waals surface area (Å²) in [6.07, 6.45) is 1.95. The summed E-state index contributed by atoms with van der Waals surface area (Å²) >= 11 is 13.2. The number of urea groups is 1. The normalized spacial score (nSPS) is 11.2. The van der Waals surface area contributed by atoms with Crippen LogP contribution in [0, 0.1) is 0 Å². The number of hydrogen-bond acceptors (Lipinski definition) is 11. The van der Waals surface area contributed by atoms with Crippen LogP contribution in [0.5, 0.6) is 28.9 Å². The van der Waals surface area contributed by atoms with Crippen LogP contribution in [0.4, 0.5) is 21.9 Å². The zero-order valence-corrected chi connectivity index (χ0v) is 32.6. The second-order valence-corrected chi connectivity index (χ2v) is 13.4. The summed E-state index contributed by atoms with van der Waals surface area (Å²) in [4.78, 5) is 22.1. The second-order valence-electron chi connectivity index (χ2n) is 12.6. The van der Waals surface area contributed by atoms with Gasteiger partial charge in [0.05, 0.1) is 69.3 Å². The van der Waals surface area contributed by atoms with Crippen molar-refractivity contribution in [3.63, 3.8) is 0 Å². The number of ether oxygens (including phenoxy) is 7. The van der Waals surface area contributed by atoms with Crippen LogP contribution in [0.2, 0.25) is 10.0 Å². The predicted molar refractivity (Wildman–Crippen MR) is 207 cm³/mol. The van der Waals surface area contributed by atoms with Gasteiger partial charge >= 0.3 is 6.03 Å². The van der Waals surface area contributed by atoms with E-state index in [4.69, 9.17) is 56.4 Å². The lowest BCUT2D eigenvalue weighted by molar-refractivity contribution is 0.0179. The zero-order valence-electron chi connectivity index (χ0n) is 31.1. The summed E-state index contributed by atoms with van der Waals surface area (Å²) in [7, 11) is 6.55. The molecule has 0 atom stereocenters. The molecule has 286 valence electrons. The summed E-state index contributed by atoms with van der Waals surface area (Å²) < 4.78 is 38.9. The lowest BCUT2D eigenvalue weighted by Crippen LogP contribution is -2.21. The molecule has 4 rings (SSSR count). The van der Waals surface area contributed by atoms with Crippen molar-refractivity contribution in [3.8, 4) is 28.9 Å². The van der Waals surface area contributed by atoms with Gasteiger partial charge in [0.25, 0.3) is 0 Å². The Kier molecular flexibility index (Phi) is 15.6. The molecule has 0 unspecified atom stereocenters. The monoisotopic (exact) mass is 771 g/mol. The molecular formula is C38H47Cl2N5O8.